The zero-order chi connectivity index (χ0) is 19.9. The molecule has 3 rings (SSSR count). The summed E-state index contributed by atoms with van der Waals surface area (Å²) < 4.78 is 5.17. The average Bonchev–Trinajstić information content (AvgIpc) is 2.96. The Kier molecular flexibility index (Phi) is 6.26. The van der Waals surface area contributed by atoms with Crippen molar-refractivity contribution in [2.75, 3.05) is 26.7 Å². The minimum atomic E-state index is -0.275. The monoisotopic (exact) mass is 381 g/mol. The first-order chi connectivity index (χ1) is 13.6. The highest BCUT2D eigenvalue weighted by atomic mass is 16.5. The van der Waals surface area contributed by atoms with E-state index < -0.39 is 0 Å². The first kappa shape index (κ1) is 19.4. The fourth-order valence-electron chi connectivity index (χ4n) is 3.09. The summed E-state index contributed by atoms with van der Waals surface area (Å²) in [4.78, 5) is 37.6. The summed E-state index contributed by atoms with van der Waals surface area (Å²) in [6.07, 6.45) is 1.19. The van der Waals surface area contributed by atoms with E-state index in [-0.39, 0.29) is 24.4 Å². The molecule has 1 aliphatic heterocycles. The Bertz CT molecular complexity index is 846. The standard InChI is InChI=1S/C21H23N3O4/c1-28-16-7-4-6-15(14-16)10-12-23-21(27)22-11-5-13-24-19(25)17-8-2-3-9-18(17)20(24)26/h2-4,6-9,14H,5,10-13H2,1H3,(H2,22,23,27). The van der Waals surface area contributed by atoms with Crippen LogP contribution in [0.2, 0.25) is 0 Å². The molecule has 1 aliphatic rings. The number of methoxy groups -OCH3 is 1. The molecule has 0 saturated heterocycles. The molecule has 0 spiro atoms. The zero-order valence-corrected chi connectivity index (χ0v) is 15.7. The average molecular weight is 381 g/mol. The molecule has 146 valence electrons. The summed E-state index contributed by atoms with van der Waals surface area (Å²) in [6.45, 7) is 1.15. The molecular formula is C21H23N3O4. The molecular weight excluding hydrogens is 358 g/mol. The number of hydrogen-bond acceptors (Lipinski definition) is 4. The summed E-state index contributed by atoms with van der Waals surface area (Å²) in [7, 11) is 1.62. The first-order valence-corrected chi connectivity index (χ1v) is 9.20. The van der Waals surface area contributed by atoms with Gasteiger partial charge in [0.25, 0.3) is 11.8 Å². The lowest BCUT2D eigenvalue weighted by Crippen LogP contribution is -2.38. The largest absolute Gasteiger partial charge is 0.497 e. The summed E-state index contributed by atoms with van der Waals surface area (Å²) in [5, 5.41) is 5.53. The normalized spacial score (nSPS) is 12.7. The van der Waals surface area contributed by atoms with Crippen LogP contribution in [-0.4, -0.2) is 49.5 Å². The smallest absolute Gasteiger partial charge is 0.314 e. The lowest BCUT2D eigenvalue weighted by molar-refractivity contribution is 0.0653. The molecule has 4 amide bonds. The zero-order valence-electron chi connectivity index (χ0n) is 15.7. The molecule has 0 fully saturated rings. The number of fused-ring (bicyclic) bond motifs is 1. The van der Waals surface area contributed by atoms with Crippen LogP contribution in [0, 0.1) is 0 Å². The Hall–Kier alpha value is -3.35. The van der Waals surface area contributed by atoms with E-state index in [0.29, 0.717) is 37.1 Å². The van der Waals surface area contributed by atoms with Crippen LogP contribution in [0.4, 0.5) is 4.79 Å². The first-order valence-electron chi connectivity index (χ1n) is 9.20. The van der Waals surface area contributed by atoms with Gasteiger partial charge in [-0.05, 0) is 42.7 Å². The van der Waals surface area contributed by atoms with Crippen LogP contribution in [0.25, 0.3) is 0 Å². The Morgan fingerprint density at radius 1 is 0.964 bits per heavy atom. The van der Waals surface area contributed by atoms with Gasteiger partial charge in [-0.25, -0.2) is 4.79 Å². The number of nitrogens with one attached hydrogen (secondary N) is 2. The third kappa shape index (κ3) is 4.49. The van der Waals surface area contributed by atoms with Gasteiger partial charge in [0, 0.05) is 19.6 Å². The summed E-state index contributed by atoms with van der Waals surface area (Å²) >= 11 is 0. The Morgan fingerprint density at radius 3 is 2.32 bits per heavy atom. The predicted octanol–water partition coefficient (Wildman–Crippen LogP) is 2.22. The summed E-state index contributed by atoms with van der Waals surface area (Å²) in [6, 6.07) is 14.2. The maximum atomic E-state index is 12.3. The number of rotatable bonds is 8. The van der Waals surface area contributed by atoms with Crippen LogP contribution in [0.15, 0.2) is 48.5 Å². The van der Waals surface area contributed by atoms with Gasteiger partial charge in [0.2, 0.25) is 0 Å². The molecule has 0 unspecified atom stereocenters. The van der Waals surface area contributed by atoms with Gasteiger partial charge in [-0.1, -0.05) is 24.3 Å². The third-order valence-electron chi connectivity index (χ3n) is 4.56. The van der Waals surface area contributed by atoms with Gasteiger partial charge in [0.05, 0.1) is 18.2 Å². The molecule has 0 atom stereocenters. The third-order valence-corrected chi connectivity index (χ3v) is 4.56. The molecule has 2 aromatic carbocycles. The minimum Gasteiger partial charge on any atom is -0.497 e. The van der Waals surface area contributed by atoms with E-state index in [1.807, 2.05) is 24.3 Å². The van der Waals surface area contributed by atoms with Gasteiger partial charge in [0.1, 0.15) is 5.75 Å². The highest BCUT2D eigenvalue weighted by molar-refractivity contribution is 6.21. The quantitative estimate of drug-likeness (QED) is 0.542. The number of benzene rings is 2. The second kappa shape index (κ2) is 9.03. The lowest BCUT2D eigenvalue weighted by atomic mass is 10.1. The van der Waals surface area contributed by atoms with Crippen molar-refractivity contribution in [1.29, 1.82) is 0 Å². The summed E-state index contributed by atoms with van der Waals surface area (Å²) in [5.41, 5.74) is 1.96. The minimum absolute atomic E-state index is 0.273. The molecule has 2 N–H and O–H groups in total. The van der Waals surface area contributed by atoms with Crippen LogP contribution >= 0.6 is 0 Å². The number of carbonyl (C=O) groups excluding carboxylic acids is 3. The Balaban J connectivity index is 1.35. The van der Waals surface area contributed by atoms with Crippen LogP contribution in [0.3, 0.4) is 0 Å². The van der Waals surface area contributed by atoms with Crippen molar-refractivity contribution < 1.29 is 19.1 Å². The van der Waals surface area contributed by atoms with E-state index in [0.717, 1.165) is 11.3 Å². The van der Waals surface area contributed by atoms with E-state index in [2.05, 4.69) is 10.6 Å². The van der Waals surface area contributed by atoms with E-state index >= 15 is 0 Å². The fourth-order valence-corrected chi connectivity index (χ4v) is 3.09. The molecule has 7 heteroatoms. The van der Waals surface area contributed by atoms with Crippen LogP contribution < -0.4 is 15.4 Å². The highest BCUT2D eigenvalue weighted by Gasteiger charge is 2.34. The second-order valence-electron chi connectivity index (χ2n) is 6.45. The molecule has 28 heavy (non-hydrogen) atoms. The second-order valence-corrected chi connectivity index (χ2v) is 6.45. The number of ether oxygens (including phenoxy) is 1. The van der Waals surface area contributed by atoms with Gasteiger partial charge in [-0.3, -0.25) is 14.5 Å². The molecule has 2 aromatic rings. The van der Waals surface area contributed by atoms with E-state index in [1.54, 1.807) is 31.4 Å². The maximum Gasteiger partial charge on any atom is 0.314 e. The van der Waals surface area contributed by atoms with Crippen molar-refractivity contribution in [3.8, 4) is 5.75 Å². The van der Waals surface area contributed by atoms with Crippen LogP contribution in [0.1, 0.15) is 32.7 Å². The van der Waals surface area contributed by atoms with Gasteiger partial charge in [-0.15, -0.1) is 0 Å². The van der Waals surface area contributed by atoms with E-state index in [1.165, 1.54) is 4.90 Å². The predicted molar refractivity (Wildman–Crippen MR) is 105 cm³/mol. The SMILES string of the molecule is COc1cccc(CCNC(=O)NCCCN2C(=O)c3ccccc3C2=O)c1. The number of amides is 4. The number of hydrogen-bond donors (Lipinski definition) is 2. The number of carbonyl (C=O) groups is 3. The van der Waals surface area contributed by atoms with Gasteiger partial charge in [0.15, 0.2) is 0 Å². The van der Waals surface area contributed by atoms with Crippen LogP contribution in [-0.2, 0) is 6.42 Å². The van der Waals surface area contributed by atoms with Crippen molar-refractivity contribution in [2.24, 2.45) is 0 Å². The van der Waals surface area contributed by atoms with E-state index in [9.17, 15) is 14.4 Å². The number of nitrogens with zero attached hydrogens (tertiary/aromatic N) is 1. The number of imide groups is 1. The van der Waals surface area contributed by atoms with Crippen molar-refractivity contribution >= 4 is 17.8 Å². The van der Waals surface area contributed by atoms with Crippen molar-refractivity contribution in [1.82, 2.24) is 15.5 Å². The van der Waals surface area contributed by atoms with Gasteiger partial charge < -0.3 is 15.4 Å². The van der Waals surface area contributed by atoms with Crippen molar-refractivity contribution in [3.63, 3.8) is 0 Å². The molecule has 0 radical (unpaired) electrons. The maximum absolute atomic E-state index is 12.3. The molecule has 7 nitrogen and oxygen atoms in total. The molecule has 0 bridgehead atoms. The van der Waals surface area contributed by atoms with Crippen LogP contribution in [0.5, 0.6) is 5.75 Å². The molecule has 0 aromatic heterocycles. The summed E-state index contributed by atoms with van der Waals surface area (Å²) in [5.74, 6) is 0.238. The Labute approximate surface area is 163 Å². The Morgan fingerprint density at radius 2 is 1.64 bits per heavy atom. The molecule has 1 heterocycles. The fraction of sp³-hybridized carbons (Fsp3) is 0.286. The molecule has 0 saturated carbocycles. The van der Waals surface area contributed by atoms with Crippen molar-refractivity contribution in [2.45, 2.75) is 12.8 Å². The lowest BCUT2D eigenvalue weighted by Gasteiger charge is -2.14. The topological polar surface area (TPSA) is 87.7 Å². The van der Waals surface area contributed by atoms with Gasteiger partial charge >= 0.3 is 6.03 Å². The number of urea groups is 1. The van der Waals surface area contributed by atoms with E-state index in [4.69, 9.17) is 4.74 Å². The molecule has 0 aliphatic carbocycles. The van der Waals surface area contributed by atoms with Gasteiger partial charge in [-0.2, -0.15) is 0 Å². The highest BCUT2D eigenvalue weighted by Crippen LogP contribution is 2.22. The van der Waals surface area contributed by atoms with Crippen molar-refractivity contribution in [3.05, 3.63) is 65.2 Å².